The number of hydrogen-bond donors (Lipinski definition) is 2. The average Bonchev–Trinajstić information content (AvgIpc) is 2.18. The zero-order chi connectivity index (χ0) is 12.7. The third-order valence-electron chi connectivity index (χ3n) is 2.69. The largest absolute Gasteiger partial charge is 0.465 e. The Balaban J connectivity index is 4.21. The second kappa shape index (κ2) is 7.63. The van der Waals surface area contributed by atoms with Gasteiger partial charge in [0.15, 0.2) is 0 Å². The van der Waals surface area contributed by atoms with Crippen LogP contribution in [0.3, 0.4) is 0 Å². The third-order valence-corrected chi connectivity index (χ3v) is 2.69. The van der Waals surface area contributed by atoms with Crippen LogP contribution in [0.25, 0.3) is 0 Å². The number of carbonyl (C=O) groups is 1. The molecular weight excluding hydrogens is 208 g/mol. The predicted octanol–water partition coefficient (Wildman–Crippen LogP) is 1.06. The number of aliphatic hydroxyl groups excluding tert-OH is 2. The monoisotopic (exact) mass is 232 g/mol. The molecule has 0 amide bonds. The van der Waals surface area contributed by atoms with E-state index in [0.29, 0.717) is 0 Å². The smallest absolute Gasteiger partial charge is 0.309 e. The lowest BCUT2D eigenvalue weighted by Crippen LogP contribution is -2.30. The van der Waals surface area contributed by atoms with Crippen molar-refractivity contribution in [2.75, 3.05) is 19.8 Å². The molecule has 0 saturated carbocycles. The molecule has 0 fully saturated rings. The Hall–Kier alpha value is -0.610. The van der Waals surface area contributed by atoms with E-state index in [4.69, 9.17) is 14.9 Å². The lowest BCUT2D eigenvalue weighted by molar-refractivity contribution is -0.154. The van der Waals surface area contributed by atoms with E-state index < -0.39 is 0 Å². The van der Waals surface area contributed by atoms with E-state index in [1.54, 1.807) is 0 Å². The van der Waals surface area contributed by atoms with E-state index in [9.17, 15) is 4.79 Å². The first-order valence-electron chi connectivity index (χ1n) is 5.82. The quantitative estimate of drug-likeness (QED) is 0.644. The van der Waals surface area contributed by atoms with Crippen molar-refractivity contribution in [1.82, 2.24) is 0 Å². The molecule has 0 aromatic carbocycles. The summed E-state index contributed by atoms with van der Waals surface area (Å²) >= 11 is 0. The highest BCUT2D eigenvalue weighted by atomic mass is 16.5. The van der Waals surface area contributed by atoms with Crippen molar-refractivity contribution in [3.05, 3.63) is 0 Å². The molecule has 0 heterocycles. The molecule has 0 rings (SSSR count). The molecule has 96 valence electrons. The average molecular weight is 232 g/mol. The van der Waals surface area contributed by atoms with Crippen LogP contribution in [0.5, 0.6) is 0 Å². The highest BCUT2D eigenvalue weighted by Crippen LogP contribution is 2.22. The Morgan fingerprint density at radius 2 is 1.50 bits per heavy atom. The molecule has 0 spiro atoms. The first-order valence-corrected chi connectivity index (χ1v) is 5.82. The summed E-state index contributed by atoms with van der Waals surface area (Å²) in [5, 5.41) is 17.7. The van der Waals surface area contributed by atoms with Crippen LogP contribution in [0.15, 0.2) is 0 Å². The fourth-order valence-electron chi connectivity index (χ4n) is 1.77. The van der Waals surface area contributed by atoms with Gasteiger partial charge in [0.2, 0.25) is 0 Å². The molecule has 0 aliphatic heterocycles. The molecule has 4 nitrogen and oxygen atoms in total. The van der Waals surface area contributed by atoms with Gasteiger partial charge in [-0.1, -0.05) is 27.7 Å². The van der Waals surface area contributed by atoms with Gasteiger partial charge in [0.25, 0.3) is 0 Å². The molecule has 0 bridgehead atoms. The highest BCUT2D eigenvalue weighted by molar-refractivity contribution is 5.73. The van der Waals surface area contributed by atoms with Crippen molar-refractivity contribution < 1.29 is 19.7 Å². The van der Waals surface area contributed by atoms with E-state index in [-0.39, 0.29) is 49.5 Å². The fraction of sp³-hybridized carbons (Fsp3) is 0.917. The van der Waals surface area contributed by atoms with Gasteiger partial charge in [-0.3, -0.25) is 4.79 Å². The molecule has 0 unspecified atom stereocenters. The number of aliphatic hydroxyl groups is 2. The lowest BCUT2D eigenvalue weighted by atomic mass is 9.86. The van der Waals surface area contributed by atoms with E-state index in [2.05, 4.69) is 0 Å². The fourth-order valence-corrected chi connectivity index (χ4v) is 1.77. The van der Waals surface area contributed by atoms with Crippen LogP contribution in [-0.2, 0) is 9.53 Å². The van der Waals surface area contributed by atoms with E-state index in [0.717, 1.165) is 0 Å². The van der Waals surface area contributed by atoms with Crippen LogP contribution in [0.4, 0.5) is 0 Å². The van der Waals surface area contributed by atoms with E-state index in [1.807, 2.05) is 27.7 Å². The number of ether oxygens (including phenoxy) is 1. The summed E-state index contributed by atoms with van der Waals surface area (Å²) in [6, 6.07) is 0. The van der Waals surface area contributed by atoms with Gasteiger partial charge in [-0.2, -0.15) is 0 Å². The van der Waals surface area contributed by atoms with Crippen molar-refractivity contribution in [3.63, 3.8) is 0 Å². The topological polar surface area (TPSA) is 66.8 Å². The van der Waals surface area contributed by atoms with Crippen molar-refractivity contribution in [3.8, 4) is 0 Å². The van der Waals surface area contributed by atoms with Crippen LogP contribution in [-0.4, -0.2) is 36.0 Å². The molecule has 0 radical (unpaired) electrons. The Kier molecular flexibility index (Phi) is 7.34. The van der Waals surface area contributed by atoms with Crippen molar-refractivity contribution in [2.45, 2.75) is 27.7 Å². The molecule has 0 aliphatic rings. The van der Waals surface area contributed by atoms with Crippen LogP contribution < -0.4 is 0 Å². The highest BCUT2D eigenvalue weighted by Gasteiger charge is 2.27. The third kappa shape index (κ3) is 4.94. The summed E-state index contributed by atoms with van der Waals surface area (Å²) in [5.41, 5.74) is 0. The van der Waals surface area contributed by atoms with Crippen LogP contribution in [0.2, 0.25) is 0 Å². The van der Waals surface area contributed by atoms with Gasteiger partial charge >= 0.3 is 5.97 Å². The second-order valence-electron chi connectivity index (χ2n) is 4.88. The Labute approximate surface area is 97.6 Å². The Morgan fingerprint density at radius 1 is 1.06 bits per heavy atom. The summed E-state index contributed by atoms with van der Waals surface area (Å²) in [5.74, 6) is -0.276. The molecule has 4 heteroatoms. The number of rotatable bonds is 7. The van der Waals surface area contributed by atoms with E-state index >= 15 is 0 Å². The number of hydrogen-bond acceptors (Lipinski definition) is 4. The summed E-state index contributed by atoms with van der Waals surface area (Å²) in [6.45, 7) is 7.70. The summed E-state index contributed by atoms with van der Waals surface area (Å²) in [6.07, 6.45) is 0. The normalized spacial score (nSPS) is 11.9. The van der Waals surface area contributed by atoms with Gasteiger partial charge in [-0.25, -0.2) is 0 Å². The summed E-state index contributed by atoms with van der Waals surface area (Å²) < 4.78 is 5.11. The predicted molar refractivity (Wildman–Crippen MR) is 61.8 cm³/mol. The minimum absolute atomic E-state index is 0.0851. The van der Waals surface area contributed by atoms with Gasteiger partial charge in [0, 0.05) is 5.92 Å². The molecule has 0 atom stereocenters. The van der Waals surface area contributed by atoms with Crippen molar-refractivity contribution >= 4 is 5.97 Å². The maximum Gasteiger partial charge on any atom is 0.309 e. The summed E-state index contributed by atoms with van der Waals surface area (Å²) in [4.78, 5) is 11.8. The minimum Gasteiger partial charge on any atom is -0.465 e. The van der Waals surface area contributed by atoms with Crippen LogP contribution >= 0.6 is 0 Å². The standard InChI is InChI=1S/C12H24O4/c1-8(2)11(9(3)4)12(15)16-7-10(5-13)6-14/h8-11,13-14H,5-7H2,1-4H3. The number of carbonyl (C=O) groups excluding carboxylic acids is 1. The molecule has 0 aromatic heterocycles. The van der Waals surface area contributed by atoms with E-state index in [1.165, 1.54) is 0 Å². The summed E-state index contributed by atoms with van der Waals surface area (Å²) in [7, 11) is 0. The maximum atomic E-state index is 11.8. The molecule has 16 heavy (non-hydrogen) atoms. The number of esters is 1. The van der Waals surface area contributed by atoms with Gasteiger partial charge in [-0.15, -0.1) is 0 Å². The zero-order valence-corrected chi connectivity index (χ0v) is 10.6. The maximum absolute atomic E-state index is 11.8. The first-order chi connectivity index (χ1) is 7.43. The molecule has 0 aromatic rings. The Morgan fingerprint density at radius 3 is 1.81 bits per heavy atom. The molecular formula is C12H24O4. The molecule has 0 saturated heterocycles. The van der Waals surface area contributed by atoms with Crippen molar-refractivity contribution in [2.24, 2.45) is 23.7 Å². The van der Waals surface area contributed by atoms with Crippen molar-refractivity contribution in [1.29, 1.82) is 0 Å². The molecule has 2 N–H and O–H groups in total. The zero-order valence-electron chi connectivity index (χ0n) is 10.6. The Bertz CT molecular complexity index is 189. The second-order valence-corrected chi connectivity index (χ2v) is 4.88. The van der Waals surface area contributed by atoms with Gasteiger partial charge < -0.3 is 14.9 Å². The van der Waals surface area contributed by atoms with Gasteiger partial charge in [0.05, 0.1) is 25.7 Å². The van der Waals surface area contributed by atoms with Gasteiger partial charge in [-0.05, 0) is 11.8 Å². The first kappa shape index (κ1) is 15.4. The minimum atomic E-state index is -0.371. The SMILES string of the molecule is CC(C)C(C(=O)OCC(CO)CO)C(C)C. The van der Waals surface area contributed by atoms with Crippen LogP contribution in [0, 0.1) is 23.7 Å². The lowest BCUT2D eigenvalue weighted by Gasteiger charge is -2.23. The van der Waals surface area contributed by atoms with Gasteiger partial charge in [0.1, 0.15) is 0 Å². The molecule has 0 aliphatic carbocycles. The van der Waals surface area contributed by atoms with Crippen LogP contribution in [0.1, 0.15) is 27.7 Å².